The lowest BCUT2D eigenvalue weighted by atomic mass is 10.3. The molecule has 1 fully saturated rings. The smallest absolute Gasteiger partial charge is 0.258 e. The van der Waals surface area contributed by atoms with Crippen molar-refractivity contribution in [2.45, 2.75) is 18.9 Å². The van der Waals surface area contributed by atoms with Crippen molar-refractivity contribution >= 4 is 5.91 Å². The lowest BCUT2D eigenvalue weighted by Gasteiger charge is -2.04. The monoisotopic (exact) mass is 257 g/mol. The fourth-order valence-corrected chi connectivity index (χ4v) is 1.75. The highest BCUT2D eigenvalue weighted by molar-refractivity contribution is 5.78. The van der Waals surface area contributed by atoms with Crippen molar-refractivity contribution in [2.24, 2.45) is 0 Å². The molecule has 0 saturated heterocycles. The number of aromatic nitrogens is 2. The molecule has 1 aromatic heterocycles. The molecule has 0 bridgehead atoms. The predicted octanol–water partition coefficient (Wildman–Crippen LogP) is 1.53. The maximum absolute atomic E-state index is 11.5. The quantitative estimate of drug-likeness (QED) is 0.883. The minimum atomic E-state index is -0.0863. The van der Waals surface area contributed by atoms with Gasteiger partial charge < -0.3 is 10.1 Å². The Hall–Kier alpha value is -2.30. The summed E-state index contributed by atoms with van der Waals surface area (Å²) in [5.41, 5.74) is 0.958. The first-order valence-corrected chi connectivity index (χ1v) is 6.34. The number of hydrogen-bond donors (Lipinski definition) is 1. The summed E-state index contributed by atoms with van der Waals surface area (Å²) in [6, 6.07) is 11.9. The maximum Gasteiger partial charge on any atom is 0.258 e. The van der Waals surface area contributed by atoms with E-state index < -0.39 is 0 Å². The van der Waals surface area contributed by atoms with Gasteiger partial charge in [0.05, 0.1) is 5.69 Å². The van der Waals surface area contributed by atoms with Crippen molar-refractivity contribution in [3.05, 3.63) is 42.6 Å². The van der Waals surface area contributed by atoms with Crippen LogP contribution in [0.15, 0.2) is 42.6 Å². The first-order chi connectivity index (χ1) is 9.31. The number of amides is 1. The van der Waals surface area contributed by atoms with Crippen LogP contribution in [0.3, 0.4) is 0 Å². The molecule has 2 aromatic rings. The molecule has 0 spiro atoms. The van der Waals surface area contributed by atoms with Crippen molar-refractivity contribution in [1.29, 1.82) is 0 Å². The van der Waals surface area contributed by atoms with Crippen LogP contribution in [0.25, 0.3) is 5.69 Å². The average Bonchev–Trinajstić information content (AvgIpc) is 3.12. The van der Waals surface area contributed by atoms with Crippen LogP contribution in [-0.2, 0) is 4.79 Å². The normalized spacial score (nSPS) is 14.1. The average molecular weight is 257 g/mol. The fraction of sp³-hybridized carbons (Fsp3) is 0.286. The summed E-state index contributed by atoms with van der Waals surface area (Å²) >= 11 is 0. The zero-order valence-corrected chi connectivity index (χ0v) is 10.5. The van der Waals surface area contributed by atoms with E-state index in [0.717, 1.165) is 18.5 Å². The van der Waals surface area contributed by atoms with Crippen molar-refractivity contribution in [3.63, 3.8) is 0 Å². The summed E-state index contributed by atoms with van der Waals surface area (Å²) in [6.07, 6.45) is 3.96. The van der Waals surface area contributed by atoms with Gasteiger partial charge in [0.2, 0.25) is 5.88 Å². The molecule has 0 radical (unpaired) electrons. The summed E-state index contributed by atoms with van der Waals surface area (Å²) in [4.78, 5) is 11.5. The van der Waals surface area contributed by atoms with Gasteiger partial charge in [-0.2, -0.15) is 0 Å². The number of benzene rings is 1. The van der Waals surface area contributed by atoms with E-state index in [-0.39, 0.29) is 12.5 Å². The lowest BCUT2D eigenvalue weighted by Crippen LogP contribution is -2.30. The molecular formula is C14H15N3O2. The van der Waals surface area contributed by atoms with Crippen LogP contribution in [-0.4, -0.2) is 28.3 Å². The standard InChI is InChI=1S/C14H15N3O2/c18-13(15-11-6-7-11)10-19-14-8-9-17(16-14)12-4-2-1-3-5-12/h1-5,8-9,11H,6-7,10H2,(H,15,18). The summed E-state index contributed by atoms with van der Waals surface area (Å²) in [7, 11) is 0. The Bertz CT molecular complexity index is 561. The van der Waals surface area contributed by atoms with E-state index in [1.165, 1.54) is 0 Å². The Balaban J connectivity index is 1.57. The van der Waals surface area contributed by atoms with Gasteiger partial charge in [-0.3, -0.25) is 4.79 Å². The van der Waals surface area contributed by atoms with Gasteiger partial charge >= 0.3 is 0 Å². The predicted molar refractivity (Wildman–Crippen MR) is 70.2 cm³/mol. The lowest BCUT2D eigenvalue weighted by molar-refractivity contribution is -0.123. The number of ether oxygens (including phenoxy) is 1. The third-order valence-corrected chi connectivity index (χ3v) is 2.88. The minimum absolute atomic E-state index is 0.0162. The van der Waals surface area contributed by atoms with Gasteiger partial charge in [-0.25, -0.2) is 4.68 Å². The molecule has 5 nitrogen and oxygen atoms in total. The van der Waals surface area contributed by atoms with Crippen LogP contribution >= 0.6 is 0 Å². The molecule has 19 heavy (non-hydrogen) atoms. The molecular weight excluding hydrogens is 242 g/mol. The zero-order chi connectivity index (χ0) is 13.1. The van der Waals surface area contributed by atoms with E-state index in [1.807, 2.05) is 36.5 Å². The Morgan fingerprint density at radius 1 is 1.32 bits per heavy atom. The molecule has 0 aliphatic heterocycles. The van der Waals surface area contributed by atoms with Gasteiger partial charge in [-0.15, -0.1) is 5.10 Å². The minimum Gasteiger partial charge on any atom is -0.466 e. The molecule has 1 aliphatic rings. The van der Waals surface area contributed by atoms with Gasteiger partial charge in [-0.1, -0.05) is 18.2 Å². The molecule has 98 valence electrons. The highest BCUT2D eigenvalue weighted by atomic mass is 16.5. The van der Waals surface area contributed by atoms with Crippen LogP contribution in [0.5, 0.6) is 5.88 Å². The summed E-state index contributed by atoms with van der Waals surface area (Å²) < 4.78 is 7.07. The summed E-state index contributed by atoms with van der Waals surface area (Å²) in [5.74, 6) is 0.367. The number of nitrogens with zero attached hydrogens (tertiary/aromatic N) is 2. The highest BCUT2D eigenvalue weighted by Crippen LogP contribution is 2.18. The first-order valence-electron chi connectivity index (χ1n) is 6.34. The third-order valence-electron chi connectivity index (χ3n) is 2.88. The Labute approximate surface area is 111 Å². The largest absolute Gasteiger partial charge is 0.466 e. The number of para-hydroxylation sites is 1. The van der Waals surface area contributed by atoms with Gasteiger partial charge in [-0.05, 0) is 25.0 Å². The fourth-order valence-electron chi connectivity index (χ4n) is 1.75. The molecule has 3 rings (SSSR count). The van der Waals surface area contributed by atoms with Gasteiger partial charge in [0, 0.05) is 18.3 Å². The molecule has 1 heterocycles. The van der Waals surface area contributed by atoms with Crippen molar-refractivity contribution in [1.82, 2.24) is 15.1 Å². The van der Waals surface area contributed by atoms with E-state index in [9.17, 15) is 4.79 Å². The molecule has 5 heteroatoms. The van der Waals surface area contributed by atoms with Crippen LogP contribution in [0, 0.1) is 0 Å². The summed E-state index contributed by atoms with van der Waals surface area (Å²) in [6.45, 7) is 0.0162. The number of carbonyl (C=O) groups is 1. The summed E-state index contributed by atoms with van der Waals surface area (Å²) in [5, 5.41) is 7.13. The van der Waals surface area contributed by atoms with Crippen molar-refractivity contribution in [3.8, 4) is 11.6 Å². The van der Waals surface area contributed by atoms with E-state index in [2.05, 4.69) is 10.4 Å². The Morgan fingerprint density at radius 2 is 2.11 bits per heavy atom. The van der Waals surface area contributed by atoms with Crippen LogP contribution in [0.4, 0.5) is 0 Å². The van der Waals surface area contributed by atoms with E-state index >= 15 is 0 Å². The number of hydrogen-bond acceptors (Lipinski definition) is 3. The second-order valence-electron chi connectivity index (χ2n) is 4.56. The molecule has 1 N–H and O–H groups in total. The van der Waals surface area contributed by atoms with Crippen molar-refractivity contribution < 1.29 is 9.53 Å². The van der Waals surface area contributed by atoms with E-state index in [4.69, 9.17) is 4.74 Å². The van der Waals surface area contributed by atoms with Gasteiger partial charge in [0.25, 0.3) is 5.91 Å². The molecule has 1 amide bonds. The van der Waals surface area contributed by atoms with Gasteiger partial charge in [0.15, 0.2) is 6.61 Å². The van der Waals surface area contributed by atoms with E-state index in [0.29, 0.717) is 11.9 Å². The highest BCUT2D eigenvalue weighted by Gasteiger charge is 2.23. The van der Waals surface area contributed by atoms with Crippen LogP contribution in [0.1, 0.15) is 12.8 Å². The number of rotatable bonds is 5. The number of nitrogens with one attached hydrogen (secondary N) is 1. The second-order valence-corrected chi connectivity index (χ2v) is 4.56. The SMILES string of the molecule is O=C(COc1ccn(-c2ccccc2)n1)NC1CC1. The molecule has 0 atom stereocenters. The van der Waals surface area contributed by atoms with Crippen LogP contribution < -0.4 is 10.1 Å². The topological polar surface area (TPSA) is 56.2 Å². The van der Waals surface area contributed by atoms with Crippen LogP contribution in [0.2, 0.25) is 0 Å². The number of carbonyl (C=O) groups excluding carboxylic acids is 1. The second kappa shape index (κ2) is 5.14. The molecule has 0 unspecified atom stereocenters. The Morgan fingerprint density at radius 3 is 2.84 bits per heavy atom. The molecule has 1 aliphatic carbocycles. The maximum atomic E-state index is 11.5. The Kier molecular flexibility index (Phi) is 3.18. The zero-order valence-electron chi connectivity index (χ0n) is 10.5. The first kappa shape index (κ1) is 11.8. The molecule has 1 saturated carbocycles. The molecule has 1 aromatic carbocycles. The van der Waals surface area contributed by atoms with Gasteiger partial charge in [0.1, 0.15) is 0 Å². The van der Waals surface area contributed by atoms with Crippen molar-refractivity contribution in [2.75, 3.05) is 6.61 Å². The van der Waals surface area contributed by atoms with E-state index in [1.54, 1.807) is 10.7 Å². The third kappa shape index (κ3) is 3.13.